The lowest BCUT2D eigenvalue weighted by molar-refractivity contribution is -0.116. The molecule has 0 atom stereocenters. The van der Waals surface area contributed by atoms with Crippen LogP contribution in [0.5, 0.6) is 5.75 Å². The zero-order chi connectivity index (χ0) is 21.1. The molecule has 0 bridgehead atoms. The fraction of sp³-hybridized carbons (Fsp3) is 0.381. The van der Waals surface area contributed by atoms with Gasteiger partial charge in [-0.25, -0.2) is 8.42 Å². The minimum Gasteiger partial charge on any atom is -0.496 e. The molecule has 0 aliphatic carbocycles. The molecule has 0 heterocycles. The molecule has 0 radical (unpaired) electrons. The Morgan fingerprint density at radius 2 is 1.82 bits per heavy atom. The maximum Gasteiger partial charge on any atom is 0.243 e. The summed E-state index contributed by atoms with van der Waals surface area (Å²) in [6.07, 6.45) is 0. The second-order valence-corrected chi connectivity index (χ2v) is 9.18. The molecule has 152 valence electrons. The maximum absolute atomic E-state index is 12.8. The second-order valence-electron chi connectivity index (χ2n) is 7.13. The Morgan fingerprint density at radius 3 is 2.39 bits per heavy atom. The Morgan fingerprint density at radius 1 is 1.14 bits per heavy atom. The van der Waals surface area contributed by atoms with Crippen LogP contribution >= 0.6 is 0 Å². The minimum atomic E-state index is -3.79. The molecular weight excluding hydrogens is 376 g/mol. The number of hydrogen-bond donors (Lipinski definition) is 1. The molecule has 6 nitrogen and oxygen atoms in total. The molecule has 2 aromatic rings. The van der Waals surface area contributed by atoms with Gasteiger partial charge < -0.3 is 10.1 Å². The summed E-state index contributed by atoms with van der Waals surface area (Å²) in [5, 5.41) is 2.88. The molecule has 7 heteroatoms. The van der Waals surface area contributed by atoms with E-state index in [1.807, 2.05) is 39.0 Å². The highest BCUT2D eigenvalue weighted by atomic mass is 32.2. The normalized spacial score (nSPS) is 11.7. The van der Waals surface area contributed by atoms with Crippen molar-refractivity contribution in [2.75, 3.05) is 26.0 Å². The lowest BCUT2D eigenvalue weighted by Gasteiger charge is -2.20. The Bertz CT molecular complexity index is 968. The Labute approximate surface area is 167 Å². The van der Waals surface area contributed by atoms with Gasteiger partial charge in [-0.1, -0.05) is 32.0 Å². The largest absolute Gasteiger partial charge is 0.496 e. The van der Waals surface area contributed by atoms with E-state index in [9.17, 15) is 13.2 Å². The molecule has 0 saturated carbocycles. The molecule has 1 amide bonds. The SMILES string of the molecule is COc1ccc(S(=O)(=O)N(C)CC(=O)Nc2c(C)cccc2C(C)C)cc1C. The van der Waals surface area contributed by atoms with E-state index in [0.29, 0.717) is 11.3 Å². The number of carbonyl (C=O) groups excluding carboxylic acids is 1. The van der Waals surface area contributed by atoms with Crippen molar-refractivity contribution in [2.45, 2.75) is 38.5 Å². The lowest BCUT2D eigenvalue weighted by Crippen LogP contribution is -2.35. The van der Waals surface area contributed by atoms with Gasteiger partial charge in [0.1, 0.15) is 5.75 Å². The topological polar surface area (TPSA) is 75.7 Å². The van der Waals surface area contributed by atoms with E-state index in [0.717, 1.165) is 21.1 Å². The average Bonchev–Trinajstić information content (AvgIpc) is 2.62. The predicted octanol–water partition coefficient (Wildman–Crippen LogP) is 3.69. The average molecular weight is 405 g/mol. The van der Waals surface area contributed by atoms with Crippen molar-refractivity contribution in [3.05, 3.63) is 53.1 Å². The first-order chi connectivity index (χ1) is 13.1. The van der Waals surface area contributed by atoms with Crippen LogP contribution in [0.2, 0.25) is 0 Å². The zero-order valence-electron chi connectivity index (χ0n) is 17.2. The van der Waals surface area contributed by atoms with Crippen LogP contribution in [0.4, 0.5) is 5.69 Å². The van der Waals surface area contributed by atoms with Gasteiger partial charge in [0, 0.05) is 12.7 Å². The third-order valence-electron chi connectivity index (χ3n) is 4.63. The predicted molar refractivity (Wildman–Crippen MR) is 111 cm³/mol. The number of benzene rings is 2. The number of anilines is 1. The number of hydrogen-bond acceptors (Lipinski definition) is 4. The Balaban J connectivity index is 2.19. The fourth-order valence-electron chi connectivity index (χ4n) is 3.00. The van der Waals surface area contributed by atoms with Crippen molar-refractivity contribution in [1.29, 1.82) is 0 Å². The molecule has 0 spiro atoms. The van der Waals surface area contributed by atoms with E-state index < -0.39 is 10.0 Å². The summed E-state index contributed by atoms with van der Waals surface area (Å²) in [7, 11) is -0.863. The van der Waals surface area contributed by atoms with Crippen LogP contribution in [0.25, 0.3) is 0 Å². The summed E-state index contributed by atoms with van der Waals surface area (Å²) in [4.78, 5) is 12.7. The molecule has 0 unspecified atom stereocenters. The molecule has 0 aliphatic heterocycles. The van der Waals surface area contributed by atoms with Crippen LogP contribution in [-0.2, 0) is 14.8 Å². The van der Waals surface area contributed by atoms with Crippen molar-refractivity contribution < 1.29 is 17.9 Å². The summed E-state index contributed by atoms with van der Waals surface area (Å²) in [6.45, 7) is 7.51. The molecule has 0 saturated heterocycles. The summed E-state index contributed by atoms with van der Waals surface area (Å²) >= 11 is 0. The molecule has 0 fully saturated rings. The first kappa shape index (κ1) is 21.9. The van der Waals surface area contributed by atoms with Crippen LogP contribution in [0.3, 0.4) is 0 Å². The zero-order valence-corrected chi connectivity index (χ0v) is 18.1. The highest BCUT2D eigenvalue weighted by Crippen LogP contribution is 2.28. The minimum absolute atomic E-state index is 0.125. The molecule has 0 aliphatic rings. The Hall–Kier alpha value is -2.38. The van der Waals surface area contributed by atoms with Gasteiger partial charge in [-0.05, 0) is 54.7 Å². The first-order valence-electron chi connectivity index (χ1n) is 9.08. The highest BCUT2D eigenvalue weighted by Gasteiger charge is 2.24. The maximum atomic E-state index is 12.8. The third kappa shape index (κ3) is 4.72. The number of likely N-dealkylation sites (N-methyl/N-ethyl adjacent to an activating group) is 1. The summed E-state index contributed by atoms with van der Waals surface area (Å²) < 4.78 is 31.9. The van der Waals surface area contributed by atoms with E-state index in [-0.39, 0.29) is 23.3 Å². The van der Waals surface area contributed by atoms with Crippen LogP contribution in [0, 0.1) is 13.8 Å². The smallest absolute Gasteiger partial charge is 0.243 e. The number of para-hydroxylation sites is 1. The van der Waals surface area contributed by atoms with Crippen molar-refractivity contribution >= 4 is 21.6 Å². The number of nitrogens with one attached hydrogen (secondary N) is 1. The van der Waals surface area contributed by atoms with Crippen molar-refractivity contribution in [1.82, 2.24) is 4.31 Å². The van der Waals surface area contributed by atoms with Gasteiger partial charge in [-0.15, -0.1) is 0 Å². The van der Waals surface area contributed by atoms with Gasteiger partial charge in [-0.2, -0.15) is 4.31 Å². The fourth-order valence-corrected chi connectivity index (χ4v) is 4.21. The van der Waals surface area contributed by atoms with Gasteiger partial charge in [0.25, 0.3) is 0 Å². The van der Waals surface area contributed by atoms with Crippen molar-refractivity contribution in [3.8, 4) is 5.75 Å². The standard InChI is InChI=1S/C21H28N2O4S/c1-14(2)18-9-7-8-15(3)21(18)22-20(24)13-23(5)28(25,26)17-10-11-19(27-6)16(4)12-17/h7-12,14H,13H2,1-6H3,(H,22,24). The number of methoxy groups -OCH3 is 1. The van der Waals surface area contributed by atoms with Crippen LogP contribution in [-0.4, -0.2) is 39.3 Å². The third-order valence-corrected chi connectivity index (χ3v) is 6.43. The van der Waals surface area contributed by atoms with E-state index in [1.54, 1.807) is 19.1 Å². The quantitative estimate of drug-likeness (QED) is 0.764. The molecule has 1 N–H and O–H groups in total. The van der Waals surface area contributed by atoms with Crippen LogP contribution in [0.1, 0.15) is 36.5 Å². The monoisotopic (exact) mass is 404 g/mol. The first-order valence-corrected chi connectivity index (χ1v) is 10.5. The van der Waals surface area contributed by atoms with E-state index in [4.69, 9.17) is 4.74 Å². The molecule has 2 rings (SSSR count). The van der Waals surface area contributed by atoms with Gasteiger partial charge >= 0.3 is 0 Å². The van der Waals surface area contributed by atoms with E-state index in [2.05, 4.69) is 5.32 Å². The van der Waals surface area contributed by atoms with Crippen molar-refractivity contribution in [3.63, 3.8) is 0 Å². The van der Waals surface area contributed by atoms with E-state index >= 15 is 0 Å². The number of rotatable bonds is 7. The second kappa shape index (κ2) is 8.75. The summed E-state index contributed by atoms with van der Waals surface area (Å²) in [6, 6.07) is 10.5. The number of amides is 1. The Kier molecular flexibility index (Phi) is 6.85. The summed E-state index contributed by atoms with van der Waals surface area (Å²) in [5.41, 5.74) is 3.41. The number of sulfonamides is 1. The molecule has 28 heavy (non-hydrogen) atoms. The molecule has 0 aromatic heterocycles. The highest BCUT2D eigenvalue weighted by molar-refractivity contribution is 7.89. The van der Waals surface area contributed by atoms with Crippen LogP contribution in [0.15, 0.2) is 41.3 Å². The summed E-state index contributed by atoms with van der Waals surface area (Å²) in [5.74, 6) is 0.464. The number of carbonyl (C=O) groups is 1. The number of aryl methyl sites for hydroxylation is 2. The van der Waals surface area contributed by atoms with Crippen LogP contribution < -0.4 is 10.1 Å². The van der Waals surface area contributed by atoms with Gasteiger partial charge in [-0.3, -0.25) is 4.79 Å². The van der Waals surface area contributed by atoms with E-state index in [1.165, 1.54) is 20.2 Å². The number of nitrogens with zero attached hydrogens (tertiary/aromatic N) is 1. The number of ether oxygens (including phenoxy) is 1. The van der Waals surface area contributed by atoms with Gasteiger partial charge in [0.2, 0.25) is 15.9 Å². The lowest BCUT2D eigenvalue weighted by atomic mass is 9.98. The molecule has 2 aromatic carbocycles. The van der Waals surface area contributed by atoms with Gasteiger partial charge in [0.05, 0.1) is 18.6 Å². The molecular formula is C21H28N2O4S. The van der Waals surface area contributed by atoms with Gasteiger partial charge in [0.15, 0.2) is 0 Å². The van der Waals surface area contributed by atoms with Crippen molar-refractivity contribution in [2.24, 2.45) is 0 Å².